The average molecular weight is 950 g/mol. The van der Waals surface area contributed by atoms with E-state index in [-0.39, 0.29) is 7.25 Å². The first-order chi connectivity index (χ1) is 29.6. The van der Waals surface area contributed by atoms with Gasteiger partial charge < -0.3 is 0 Å². The van der Waals surface area contributed by atoms with Gasteiger partial charge in [-0.05, 0) is 0 Å². The van der Waals surface area contributed by atoms with Crippen LogP contribution in [0.4, 0.5) is 0 Å². The molecule has 0 nitrogen and oxygen atoms in total. The normalized spacial score (nSPS) is 17.6. The molecule has 0 saturated heterocycles. The first-order valence-corrected chi connectivity index (χ1v) is 35.1. The molecule has 0 fully saturated rings. The quantitative estimate of drug-likeness (QED) is 0.113. The van der Waals surface area contributed by atoms with Crippen molar-refractivity contribution in [2.24, 2.45) is 11.8 Å². The molecule has 1 heterocycles. The molecule has 4 heteroatoms. The molecule has 1 aliphatic heterocycles. The van der Waals surface area contributed by atoms with Crippen LogP contribution in [0.1, 0.15) is 132 Å². The first kappa shape index (κ1) is 43.7. The van der Waals surface area contributed by atoms with Crippen molar-refractivity contribution in [1.82, 2.24) is 0 Å². The van der Waals surface area contributed by atoms with Crippen LogP contribution in [0, 0.1) is 25.7 Å². The van der Waals surface area contributed by atoms with Gasteiger partial charge in [0.2, 0.25) is 0 Å². The maximum absolute atomic E-state index is 9.53. The van der Waals surface area contributed by atoms with Crippen LogP contribution >= 0.6 is 17.0 Å². The Bertz CT molecular complexity index is 2680. The number of aryl methyl sites for hydroxylation is 2. The van der Waals surface area contributed by atoms with E-state index in [0.29, 0.717) is 23.7 Å². The summed E-state index contributed by atoms with van der Waals surface area (Å²) in [5, 5.41) is 2.98. The molecule has 6 aromatic rings. The van der Waals surface area contributed by atoms with Crippen molar-refractivity contribution >= 4 is 52.3 Å². The molecule has 3 aliphatic rings. The molecule has 6 aromatic carbocycles. The van der Waals surface area contributed by atoms with Crippen LogP contribution in [0.2, 0.25) is 0 Å². The second-order valence-corrected chi connectivity index (χ2v) is 42.8. The van der Waals surface area contributed by atoms with Crippen LogP contribution in [0.15, 0.2) is 126 Å². The van der Waals surface area contributed by atoms with Crippen LogP contribution in [-0.4, -0.2) is 9.52 Å². The molecule has 2 atom stereocenters. The Morgan fingerprint density at radius 3 is 1.40 bits per heavy atom. The molecule has 317 valence electrons. The van der Waals surface area contributed by atoms with Crippen molar-refractivity contribution in [2.75, 3.05) is 0 Å². The van der Waals surface area contributed by atoms with Crippen molar-refractivity contribution in [3.63, 3.8) is 0 Å². The van der Waals surface area contributed by atoms with Gasteiger partial charge in [-0.15, -0.1) is 0 Å². The summed E-state index contributed by atoms with van der Waals surface area (Å²) in [7, 11) is 18.2. The maximum atomic E-state index is 9.53. The molecule has 0 aromatic heterocycles. The van der Waals surface area contributed by atoms with Gasteiger partial charge in [-0.25, -0.2) is 0 Å². The van der Waals surface area contributed by atoms with E-state index in [1.165, 1.54) is 103 Å². The molecule has 0 N–H and O–H groups in total. The van der Waals surface area contributed by atoms with Crippen molar-refractivity contribution in [2.45, 2.75) is 101 Å². The monoisotopic (exact) mass is 947 g/mol. The third-order valence-electron chi connectivity index (χ3n) is 14.4. The minimum atomic E-state index is -5.73. The second-order valence-electron chi connectivity index (χ2n) is 20.3. The van der Waals surface area contributed by atoms with E-state index < -0.39 is 25.9 Å². The third-order valence-corrected chi connectivity index (χ3v) is 37.2. The summed E-state index contributed by atoms with van der Waals surface area (Å²) in [6.45, 7) is 23.4. The standard InChI is InChI=1S/2C23H27.C12H9Si.2ClH.Zr/c2*1-15(2)12-18-13-19-11-10-17(5)23(22(19)14-18)21-9-7-6-8-20(21)16(3)4;1-3-7-11-9(5-1)10-6-2-4-8-12(10)13-11;;;/h2*6-11,13-16H,12H2,1-5H3;1-7H,13H2;2*1H;/q;;;;;+2/p-2. The van der Waals surface area contributed by atoms with E-state index in [1.54, 1.807) is 0 Å². The zero-order chi connectivity index (χ0) is 43.9. The van der Waals surface area contributed by atoms with E-state index in [1.807, 2.05) is 0 Å². The number of benzene rings is 6. The van der Waals surface area contributed by atoms with Gasteiger partial charge in [0.1, 0.15) is 0 Å². The van der Waals surface area contributed by atoms with Crippen molar-refractivity contribution in [3.05, 3.63) is 171 Å². The summed E-state index contributed by atoms with van der Waals surface area (Å²) >= 11 is -5.73. The number of rotatable bonds is 11. The van der Waals surface area contributed by atoms with E-state index in [2.05, 4.69) is 197 Å². The van der Waals surface area contributed by atoms with Gasteiger partial charge in [0, 0.05) is 0 Å². The Morgan fingerprint density at radius 2 is 0.935 bits per heavy atom. The number of fused-ring (bicyclic) bond motifs is 5. The Morgan fingerprint density at radius 1 is 0.500 bits per heavy atom. The molecule has 0 amide bonds. The fourth-order valence-corrected chi connectivity index (χ4v) is 39.9. The summed E-state index contributed by atoms with van der Waals surface area (Å²) in [6.07, 6.45) is 7.05. The molecule has 0 spiro atoms. The van der Waals surface area contributed by atoms with Gasteiger partial charge in [-0.3, -0.25) is 0 Å². The van der Waals surface area contributed by atoms with Crippen molar-refractivity contribution in [3.8, 4) is 33.4 Å². The number of hydrogen-bond donors (Lipinski definition) is 0. The number of allylic oxidation sites excluding steroid dienone is 2. The zero-order valence-electron chi connectivity index (χ0n) is 38.5. The first-order valence-electron chi connectivity index (χ1n) is 23.2. The Kier molecular flexibility index (Phi) is 11.6. The van der Waals surface area contributed by atoms with Crippen LogP contribution in [-0.2, 0) is 16.4 Å². The van der Waals surface area contributed by atoms with Crippen LogP contribution in [0.25, 0.3) is 45.5 Å². The van der Waals surface area contributed by atoms with Crippen molar-refractivity contribution in [1.29, 1.82) is 0 Å². The molecule has 9 rings (SSSR count). The SMILES string of the molecule is Cc1ccc2c(c1-c1ccccc1C(C)C)C=C(CC(C)C)[CH]2[Zr]([Cl])([Cl])([c]1cccc2c1[SiH2]c1ccccc1-2)[CH]1C(CC(C)C)=Cc2c1ccc(C)c2-c1ccccc1C(C)C. The van der Waals surface area contributed by atoms with E-state index >= 15 is 0 Å². The van der Waals surface area contributed by atoms with Gasteiger partial charge in [-0.2, -0.15) is 0 Å². The van der Waals surface area contributed by atoms with Crippen LogP contribution in [0.3, 0.4) is 0 Å². The van der Waals surface area contributed by atoms with Crippen LogP contribution < -0.4 is 13.6 Å². The third kappa shape index (κ3) is 7.01. The van der Waals surface area contributed by atoms with Gasteiger partial charge >= 0.3 is 386 Å². The van der Waals surface area contributed by atoms with E-state index in [0.717, 1.165) is 12.8 Å². The summed E-state index contributed by atoms with van der Waals surface area (Å²) < 4.78 is 1.10. The topological polar surface area (TPSA) is 0 Å². The molecule has 62 heavy (non-hydrogen) atoms. The molecular weight excluding hydrogens is 887 g/mol. The number of halogens is 2. The van der Waals surface area contributed by atoms with Crippen molar-refractivity contribution < 1.29 is 16.4 Å². The zero-order valence-corrected chi connectivity index (χ0v) is 43.8. The Labute approximate surface area is 383 Å². The Balaban J connectivity index is 1.41. The average Bonchev–Trinajstić information content (AvgIpc) is 3.92. The van der Waals surface area contributed by atoms with Gasteiger partial charge in [0.05, 0.1) is 0 Å². The van der Waals surface area contributed by atoms with Gasteiger partial charge in [0.25, 0.3) is 0 Å². The molecular formula is C58H63Cl2SiZr. The predicted molar refractivity (Wildman–Crippen MR) is 273 cm³/mol. The predicted octanol–water partition coefficient (Wildman–Crippen LogP) is 15.0. The van der Waals surface area contributed by atoms with E-state index in [4.69, 9.17) is 0 Å². The summed E-state index contributed by atoms with van der Waals surface area (Å²) in [6, 6.07) is 44.0. The second kappa shape index (κ2) is 16.5. The minimum absolute atomic E-state index is 0.105. The molecule has 2 aliphatic carbocycles. The Hall–Kier alpha value is -3.52. The molecule has 0 radical (unpaired) electrons. The van der Waals surface area contributed by atoms with E-state index in [9.17, 15) is 17.0 Å². The summed E-state index contributed by atoms with van der Waals surface area (Å²) in [5.41, 5.74) is 21.6. The van der Waals surface area contributed by atoms with Gasteiger partial charge in [0.15, 0.2) is 0 Å². The fourth-order valence-electron chi connectivity index (χ4n) is 12.0. The fraction of sp³-hybridized carbons (Fsp3) is 0.310. The molecule has 0 bridgehead atoms. The van der Waals surface area contributed by atoms with Crippen LogP contribution in [0.5, 0.6) is 0 Å². The molecule has 0 saturated carbocycles. The molecule has 2 unspecified atom stereocenters. The van der Waals surface area contributed by atoms with Gasteiger partial charge in [-0.1, -0.05) is 0 Å². The summed E-state index contributed by atoms with van der Waals surface area (Å²) in [5.74, 6) is 1.64. The number of hydrogen-bond acceptors (Lipinski definition) is 0. The summed E-state index contributed by atoms with van der Waals surface area (Å²) in [4.78, 5) is 0.